The third kappa shape index (κ3) is 1.75. The lowest BCUT2D eigenvalue weighted by atomic mass is 10.2. The molecule has 0 amide bonds. The van der Waals surface area contributed by atoms with Crippen LogP contribution in [-0.4, -0.2) is 16.1 Å². The van der Waals surface area contributed by atoms with Crippen molar-refractivity contribution in [1.29, 1.82) is 0 Å². The molecule has 0 radical (unpaired) electrons. The van der Waals surface area contributed by atoms with Crippen LogP contribution in [0.25, 0.3) is 0 Å². The number of carbonyl (C=O) groups is 1. The lowest BCUT2D eigenvalue weighted by Crippen LogP contribution is -2.09. The number of hydrogen-bond acceptors (Lipinski definition) is 2. The zero-order valence-electron chi connectivity index (χ0n) is 8.04. The topological polar surface area (TPSA) is 34.9 Å². The van der Waals surface area contributed by atoms with Gasteiger partial charge in [-0.3, -0.25) is 9.48 Å². The number of rotatable bonds is 3. The molecule has 0 saturated heterocycles. The van der Waals surface area contributed by atoms with Gasteiger partial charge in [0.15, 0.2) is 6.29 Å². The summed E-state index contributed by atoms with van der Waals surface area (Å²) in [7, 11) is 0. The van der Waals surface area contributed by atoms with Gasteiger partial charge in [0.05, 0.1) is 10.7 Å². The summed E-state index contributed by atoms with van der Waals surface area (Å²) in [5, 5.41) is 4.67. The van der Waals surface area contributed by atoms with E-state index in [1.54, 1.807) is 11.6 Å². The van der Waals surface area contributed by atoms with Gasteiger partial charge in [-0.1, -0.05) is 18.5 Å². The second-order valence-electron chi connectivity index (χ2n) is 3.10. The van der Waals surface area contributed by atoms with E-state index in [9.17, 15) is 4.79 Å². The minimum absolute atomic E-state index is 0.214. The molecular formula is C9H13ClN2O. The normalized spacial score (nSPS) is 12.9. The van der Waals surface area contributed by atoms with E-state index in [1.807, 2.05) is 13.8 Å². The molecule has 1 aromatic heterocycles. The van der Waals surface area contributed by atoms with Crippen molar-refractivity contribution in [2.45, 2.75) is 33.2 Å². The molecule has 0 saturated carbocycles. The Balaban J connectivity index is 3.20. The first kappa shape index (κ1) is 10.3. The monoisotopic (exact) mass is 200 g/mol. The highest BCUT2D eigenvalue weighted by Gasteiger charge is 2.15. The number of aryl methyl sites for hydroxylation is 1. The zero-order valence-corrected chi connectivity index (χ0v) is 8.80. The van der Waals surface area contributed by atoms with Crippen molar-refractivity contribution >= 4 is 17.9 Å². The number of aromatic nitrogens is 2. The smallest absolute Gasteiger partial charge is 0.169 e. The Labute approximate surface area is 82.7 Å². The molecule has 13 heavy (non-hydrogen) atoms. The van der Waals surface area contributed by atoms with Crippen LogP contribution in [0.4, 0.5) is 0 Å². The van der Waals surface area contributed by atoms with Gasteiger partial charge in [-0.05, 0) is 20.3 Å². The summed E-state index contributed by atoms with van der Waals surface area (Å²) in [4.78, 5) is 10.7. The maximum absolute atomic E-state index is 10.7. The van der Waals surface area contributed by atoms with Gasteiger partial charge in [0, 0.05) is 6.04 Å². The molecule has 1 heterocycles. The highest BCUT2D eigenvalue weighted by Crippen LogP contribution is 2.22. The molecule has 4 heteroatoms. The largest absolute Gasteiger partial charge is 0.296 e. The third-order valence-corrected chi connectivity index (χ3v) is 2.63. The van der Waals surface area contributed by atoms with Crippen LogP contribution in [-0.2, 0) is 0 Å². The Bertz CT molecular complexity index is 320. The molecule has 3 nitrogen and oxygen atoms in total. The molecule has 0 aliphatic rings. The number of halogens is 1. The number of hydrogen-bond donors (Lipinski definition) is 0. The van der Waals surface area contributed by atoms with Gasteiger partial charge in [-0.2, -0.15) is 5.10 Å². The van der Waals surface area contributed by atoms with Crippen LogP contribution in [0, 0.1) is 6.92 Å². The highest BCUT2D eigenvalue weighted by molar-refractivity contribution is 6.33. The van der Waals surface area contributed by atoms with Gasteiger partial charge in [0.25, 0.3) is 0 Å². The molecule has 1 atom stereocenters. The summed E-state index contributed by atoms with van der Waals surface area (Å²) in [6, 6.07) is 0.214. The lowest BCUT2D eigenvalue weighted by molar-refractivity contribution is 0.111. The van der Waals surface area contributed by atoms with Crippen molar-refractivity contribution < 1.29 is 4.79 Å². The zero-order chi connectivity index (χ0) is 10.0. The maximum Gasteiger partial charge on any atom is 0.169 e. The van der Waals surface area contributed by atoms with E-state index in [4.69, 9.17) is 11.6 Å². The second-order valence-corrected chi connectivity index (χ2v) is 3.48. The first-order valence-corrected chi connectivity index (χ1v) is 4.69. The molecule has 0 fully saturated rings. The van der Waals surface area contributed by atoms with Crippen molar-refractivity contribution in [2.24, 2.45) is 0 Å². The summed E-state index contributed by atoms with van der Waals surface area (Å²) >= 11 is 5.90. The van der Waals surface area contributed by atoms with Crippen LogP contribution in [0.3, 0.4) is 0 Å². The molecule has 1 aromatic rings. The first-order chi connectivity index (χ1) is 6.11. The molecule has 1 rings (SSSR count). The second kappa shape index (κ2) is 3.92. The lowest BCUT2D eigenvalue weighted by Gasteiger charge is -2.10. The van der Waals surface area contributed by atoms with Gasteiger partial charge in [-0.15, -0.1) is 0 Å². The van der Waals surface area contributed by atoms with Crippen LogP contribution in [0.2, 0.25) is 5.02 Å². The first-order valence-electron chi connectivity index (χ1n) is 4.31. The van der Waals surface area contributed by atoms with E-state index in [0.29, 0.717) is 16.4 Å². The van der Waals surface area contributed by atoms with Crippen molar-refractivity contribution in [1.82, 2.24) is 9.78 Å². The predicted molar refractivity (Wildman–Crippen MR) is 52.4 cm³/mol. The minimum Gasteiger partial charge on any atom is -0.296 e. The average Bonchev–Trinajstić information content (AvgIpc) is 2.42. The highest BCUT2D eigenvalue weighted by atomic mass is 35.5. The molecular weight excluding hydrogens is 188 g/mol. The standard InChI is InChI=1S/C9H13ClN2O/c1-4-6(2)12-8(5-13)9(10)7(3)11-12/h5-6H,4H2,1-3H3/t6-/m1/s1. The fraction of sp³-hybridized carbons (Fsp3) is 0.556. The van der Waals surface area contributed by atoms with Gasteiger partial charge in [0.1, 0.15) is 5.69 Å². The van der Waals surface area contributed by atoms with Gasteiger partial charge in [0.2, 0.25) is 0 Å². The van der Waals surface area contributed by atoms with Crippen LogP contribution in [0.1, 0.15) is 42.5 Å². The summed E-state index contributed by atoms with van der Waals surface area (Å²) < 4.78 is 1.69. The van der Waals surface area contributed by atoms with Gasteiger partial charge < -0.3 is 0 Å². The molecule has 0 spiro atoms. The van der Waals surface area contributed by atoms with Gasteiger partial charge in [-0.25, -0.2) is 0 Å². The number of carbonyl (C=O) groups excluding carboxylic acids is 1. The van der Waals surface area contributed by atoms with Crippen LogP contribution in [0.5, 0.6) is 0 Å². The summed E-state index contributed by atoms with van der Waals surface area (Å²) in [5.74, 6) is 0. The van der Waals surface area contributed by atoms with Crippen LogP contribution >= 0.6 is 11.6 Å². The number of nitrogens with zero attached hydrogens (tertiary/aromatic N) is 2. The summed E-state index contributed by atoms with van der Waals surface area (Å²) in [5.41, 5.74) is 1.19. The van der Waals surface area contributed by atoms with Crippen molar-refractivity contribution in [3.05, 3.63) is 16.4 Å². The Kier molecular flexibility index (Phi) is 3.09. The molecule has 0 unspecified atom stereocenters. The molecule has 0 aliphatic carbocycles. The molecule has 0 N–H and O–H groups in total. The Hall–Kier alpha value is -0.830. The van der Waals surface area contributed by atoms with E-state index in [-0.39, 0.29) is 6.04 Å². The molecule has 0 bridgehead atoms. The molecule has 0 aliphatic heterocycles. The van der Waals surface area contributed by atoms with Gasteiger partial charge >= 0.3 is 0 Å². The van der Waals surface area contributed by atoms with E-state index in [2.05, 4.69) is 5.10 Å². The SMILES string of the molecule is CC[C@@H](C)n1nc(C)c(Cl)c1C=O. The van der Waals surface area contributed by atoms with E-state index < -0.39 is 0 Å². The molecule has 72 valence electrons. The predicted octanol–water partition coefficient (Wildman–Crippen LogP) is 2.63. The summed E-state index contributed by atoms with van der Waals surface area (Å²) in [6.45, 7) is 5.86. The maximum atomic E-state index is 10.7. The number of aldehydes is 1. The van der Waals surface area contributed by atoms with Crippen LogP contribution < -0.4 is 0 Å². The fourth-order valence-corrected chi connectivity index (χ4v) is 1.33. The third-order valence-electron chi connectivity index (χ3n) is 2.17. The summed E-state index contributed by atoms with van der Waals surface area (Å²) in [6.07, 6.45) is 1.69. The molecule has 0 aromatic carbocycles. The Morgan fingerprint density at radius 3 is 2.77 bits per heavy atom. The van der Waals surface area contributed by atoms with Crippen LogP contribution in [0.15, 0.2) is 0 Å². The van der Waals surface area contributed by atoms with Crippen molar-refractivity contribution in [2.75, 3.05) is 0 Å². The Morgan fingerprint density at radius 2 is 2.31 bits per heavy atom. The minimum atomic E-state index is 0.214. The van der Waals surface area contributed by atoms with E-state index in [0.717, 1.165) is 12.7 Å². The van der Waals surface area contributed by atoms with Crippen molar-refractivity contribution in [3.8, 4) is 0 Å². The fourth-order valence-electron chi connectivity index (χ4n) is 1.16. The van der Waals surface area contributed by atoms with Crippen molar-refractivity contribution in [3.63, 3.8) is 0 Å². The van der Waals surface area contributed by atoms with E-state index >= 15 is 0 Å². The quantitative estimate of drug-likeness (QED) is 0.704. The average molecular weight is 201 g/mol. The Morgan fingerprint density at radius 1 is 1.69 bits per heavy atom. The van der Waals surface area contributed by atoms with E-state index in [1.165, 1.54) is 0 Å².